The molecule has 2 rings (SSSR count). The predicted octanol–water partition coefficient (Wildman–Crippen LogP) is -1.34. The van der Waals surface area contributed by atoms with E-state index < -0.39 is 48.3 Å². The lowest BCUT2D eigenvalue weighted by molar-refractivity contribution is -0.170. The topological polar surface area (TPSA) is 296 Å². The minimum absolute atomic E-state index is 0. The molecule has 0 aliphatic heterocycles. The zero-order chi connectivity index (χ0) is 24.0. The maximum atomic E-state index is 10.3. The van der Waals surface area contributed by atoms with Crippen molar-refractivity contribution in [3.8, 4) is 0 Å². The monoisotopic (exact) mass is 474 g/mol. The first-order chi connectivity index (χ1) is 14.4. The average molecular weight is 474 g/mol. The lowest BCUT2D eigenvalue weighted by atomic mass is 9.96. The van der Waals surface area contributed by atoms with Gasteiger partial charge >= 0.3 is 29.8 Å². The van der Waals surface area contributed by atoms with Crippen molar-refractivity contribution in [2.24, 2.45) is 0 Å². The molecule has 0 saturated carbocycles. The fourth-order valence-corrected chi connectivity index (χ4v) is 1.70. The van der Waals surface area contributed by atoms with Gasteiger partial charge in [-0.1, -0.05) is 0 Å². The van der Waals surface area contributed by atoms with Gasteiger partial charge in [-0.05, 0) is 24.3 Å². The summed E-state index contributed by atoms with van der Waals surface area (Å²) in [4.78, 5) is 58.2. The number of rotatable bonds is 7. The summed E-state index contributed by atoms with van der Waals surface area (Å²) >= 11 is 0. The number of carbonyl (C=O) groups is 5. The van der Waals surface area contributed by atoms with E-state index in [1.807, 2.05) is 0 Å². The van der Waals surface area contributed by atoms with Gasteiger partial charge in [0.25, 0.3) is 0 Å². The number of pyridine rings is 2. The van der Waals surface area contributed by atoms with E-state index >= 15 is 0 Å². The Labute approximate surface area is 184 Å². The molecule has 2 heterocycles. The number of aliphatic carboxylic acids is 3. The summed E-state index contributed by atoms with van der Waals surface area (Å²) in [5.74, 6) is -6.86. The number of aromatic carboxylic acids is 2. The summed E-state index contributed by atoms with van der Waals surface area (Å²) in [5, 5.41) is 50.5. The zero-order valence-corrected chi connectivity index (χ0v) is 16.7. The van der Waals surface area contributed by atoms with Crippen LogP contribution in [0.4, 0.5) is 0 Å². The lowest BCUT2D eigenvalue weighted by Gasteiger charge is -2.18. The molecule has 0 unspecified atom stereocenters. The SMILES string of the molecule is O.O.O=C(O)CC(O)(CC(=O)O)C(=O)O.O=C(O)c1ccncc1.O=C(O)c1ccncc1. The number of aromatic nitrogens is 2. The van der Waals surface area contributed by atoms with Gasteiger partial charge in [-0.3, -0.25) is 19.6 Å². The molecule has 0 aliphatic carbocycles. The second kappa shape index (κ2) is 16.3. The Morgan fingerprint density at radius 2 is 0.909 bits per heavy atom. The molecule has 0 spiro atoms. The van der Waals surface area contributed by atoms with E-state index in [2.05, 4.69) is 9.97 Å². The van der Waals surface area contributed by atoms with Gasteiger partial charge in [0.2, 0.25) is 0 Å². The van der Waals surface area contributed by atoms with Crippen LogP contribution in [0.5, 0.6) is 0 Å². The minimum Gasteiger partial charge on any atom is -0.481 e. The van der Waals surface area contributed by atoms with Crippen molar-refractivity contribution in [1.82, 2.24) is 9.97 Å². The van der Waals surface area contributed by atoms with Crippen LogP contribution in [0.25, 0.3) is 0 Å². The molecule has 0 aliphatic rings. The Kier molecular flexibility index (Phi) is 16.3. The zero-order valence-electron chi connectivity index (χ0n) is 16.7. The maximum absolute atomic E-state index is 10.3. The van der Waals surface area contributed by atoms with Crippen LogP contribution < -0.4 is 0 Å². The van der Waals surface area contributed by atoms with Crippen molar-refractivity contribution in [2.75, 3.05) is 0 Å². The van der Waals surface area contributed by atoms with Crippen LogP contribution in [0, 0.1) is 0 Å². The summed E-state index contributed by atoms with van der Waals surface area (Å²) in [6.07, 6.45) is 3.50. The molecule has 2 aromatic heterocycles. The van der Waals surface area contributed by atoms with E-state index in [0.29, 0.717) is 0 Å². The molecule has 15 heteroatoms. The summed E-state index contributed by atoms with van der Waals surface area (Å²) < 4.78 is 0. The molecule has 0 aromatic carbocycles. The number of carboxylic acids is 5. The fourth-order valence-electron chi connectivity index (χ4n) is 1.70. The molecule has 0 atom stereocenters. The lowest BCUT2D eigenvalue weighted by Crippen LogP contribution is -2.42. The number of hydrogen-bond acceptors (Lipinski definition) is 8. The highest BCUT2D eigenvalue weighted by atomic mass is 16.4. The van der Waals surface area contributed by atoms with Gasteiger partial charge in [-0.15, -0.1) is 0 Å². The van der Waals surface area contributed by atoms with E-state index in [0.717, 1.165) is 0 Å². The molecule has 0 radical (unpaired) electrons. The Hall–Kier alpha value is -4.47. The summed E-state index contributed by atoms with van der Waals surface area (Å²) in [6, 6.07) is 5.79. The highest BCUT2D eigenvalue weighted by Gasteiger charge is 2.40. The van der Waals surface area contributed by atoms with Crippen molar-refractivity contribution in [2.45, 2.75) is 18.4 Å². The largest absolute Gasteiger partial charge is 0.481 e. The van der Waals surface area contributed by atoms with Crippen LogP contribution in [0.15, 0.2) is 49.1 Å². The second-order valence-corrected chi connectivity index (χ2v) is 5.56. The number of nitrogens with zero attached hydrogens (tertiary/aromatic N) is 2. The molecular weight excluding hydrogens is 452 g/mol. The van der Waals surface area contributed by atoms with Gasteiger partial charge in [0.05, 0.1) is 24.0 Å². The van der Waals surface area contributed by atoms with E-state index in [-0.39, 0.29) is 22.1 Å². The van der Waals surface area contributed by atoms with Crippen molar-refractivity contribution >= 4 is 29.8 Å². The maximum Gasteiger partial charge on any atom is 0.336 e. The van der Waals surface area contributed by atoms with Crippen LogP contribution >= 0.6 is 0 Å². The van der Waals surface area contributed by atoms with Crippen molar-refractivity contribution in [3.63, 3.8) is 0 Å². The molecule has 0 saturated heterocycles. The standard InChI is InChI=1S/2C6H5NO2.C6H8O7.2H2O/c2*8-6(9)5-1-3-7-4-2-5;7-3(8)1-6(13,5(11)12)2-4(9)10;;/h2*1-4H,(H,8,9);13H,1-2H2,(H,7,8)(H,9,10)(H,11,12);2*1H2. The van der Waals surface area contributed by atoms with Gasteiger partial charge in [0, 0.05) is 24.8 Å². The quantitative estimate of drug-likeness (QED) is 0.271. The van der Waals surface area contributed by atoms with Crippen molar-refractivity contribution in [1.29, 1.82) is 0 Å². The first-order valence-corrected chi connectivity index (χ1v) is 8.05. The summed E-state index contributed by atoms with van der Waals surface area (Å²) in [6.45, 7) is 0. The first kappa shape index (κ1) is 33.2. The first-order valence-electron chi connectivity index (χ1n) is 8.05. The molecule has 15 nitrogen and oxygen atoms in total. The summed E-state index contributed by atoms with van der Waals surface area (Å²) in [7, 11) is 0. The molecule has 33 heavy (non-hydrogen) atoms. The molecule has 0 amide bonds. The Balaban J connectivity index is -0.000000405. The van der Waals surface area contributed by atoms with Gasteiger partial charge in [-0.2, -0.15) is 0 Å². The highest BCUT2D eigenvalue weighted by Crippen LogP contribution is 2.15. The second-order valence-electron chi connectivity index (χ2n) is 5.56. The van der Waals surface area contributed by atoms with Gasteiger partial charge in [0.15, 0.2) is 5.60 Å². The number of aliphatic hydroxyl groups is 1. The third kappa shape index (κ3) is 14.2. The van der Waals surface area contributed by atoms with Gasteiger partial charge < -0.3 is 41.6 Å². The Morgan fingerprint density at radius 1 is 0.636 bits per heavy atom. The minimum atomic E-state index is -2.74. The molecule has 182 valence electrons. The molecular formula is C18H22N2O13. The summed E-state index contributed by atoms with van der Waals surface area (Å²) in [5.41, 5.74) is -2.20. The predicted molar refractivity (Wildman–Crippen MR) is 107 cm³/mol. The van der Waals surface area contributed by atoms with E-state index in [4.69, 9.17) is 30.6 Å². The Morgan fingerprint density at radius 3 is 1.06 bits per heavy atom. The van der Waals surface area contributed by atoms with Crippen LogP contribution in [0.3, 0.4) is 0 Å². The van der Waals surface area contributed by atoms with Crippen LogP contribution in [-0.2, 0) is 14.4 Å². The third-order valence-corrected chi connectivity index (χ3v) is 3.14. The highest BCUT2D eigenvalue weighted by molar-refractivity contribution is 5.88. The van der Waals surface area contributed by atoms with E-state index in [1.165, 1.54) is 49.1 Å². The van der Waals surface area contributed by atoms with Crippen molar-refractivity contribution in [3.05, 3.63) is 60.2 Å². The molecule has 10 N–H and O–H groups in total. The molecule has 0 bridgehead atoms. The molecule has 0 fully saturated rings. The Bertz CT molecular complexity index is 839. The van der Waals surface area contributed by atoms with Crippen LogP contribution in [0.1, 0.15) is 33.6 Å². The van der Waals surface area contributed by atoms with E-state index in [1.54, 1.807) is 0 Å². The van der Waals surface area contributed by atoms with Crippen molar-refractivity contribution < 1.29 is 65.6 Å². The van der Waals surface area contributed by atoms with Crippen LogP contribution in [0.2, 0.25) is 0 Å². The fraction of sp³-hybridized carbons (Fsp3) is 0.167. The van der Waals surface area contributed by atoms with E-state index in [9.17, 15) is 24.0 Å². The van der Waals surface area contributed by atoms with Gasteiger partial charge in [-0.25, -0.2) is 14.4 Å². The normalized spacial score (nSPS) is 9.12. The number of hydrogen-bond donors (Lipinski definition) is 6. The average Bonchev–Trinajstić information content (AvgIpc) is 2.69. The third-order valence-electron chi connectivity index (χ3n) is 3.14. The van der Waals surface area contributed by atoms with Gasteiger partial charge in [0.1, 0.15) is 0 Å². The molecule has 2 aromatic rings. The number of carboxylic acid groups (broad SMARTS) is 5. The van der Waals surface area contributed by atoms with Crippen LogP contribution in [-0.4, -0.2) is 87.0 Å². The smallest absolute Gasteiger partial charge is 0.336 e.